The minimum absolute atomic E-state index is 0.281. The topological polar surface area (TPSA) is 59.0 Å². The molecule has 0 aromatic heterocycles. The lowest BCUT2D eigenvalue weighted by Crippen LogP contribution is -2.21. The number of aryl methyl sites for hydroxylation is 2. The maximum atomic E-state index is 11.4. The van der Waals surface area contributed by atoms with Crippen LogP contribution in [0.4, 0.5) is 0 Å². The van der Waals surface area contributed by atoms with Gasteiger partial charge in [-0.25, -0.2) is 9.86 Å². The highest BCUT2D eigenvalue weighted by Gasteiger charge is 2.37. The Kier molecular flexibility index (Phi) is 7.90. The van der Waals surface area contributed by atoms with E-state index in [0.29, 0.717) is 25.3 Å². The molecule has 1 saturated heterocycles. The van der Waals surface area contributed by atoms with Crippen molar-refractivity contribution in [2.45, 2.75) is 32.3 Å². The summed E-state index contributed by atoms with van der Waals surface area (Å²) in [5.41, 5.74) is 2.77. The second-order valence-electron chi connectivity index (χ2n) is 7.01. The van der Waals surface area contributed by atoms with Gasteiger partial charge in [-0.2, -0.15) is 0 Å². The lowest BCUT2D eigenvalue weighted by molar-refractivity contribution is -0.120. The summed E-state index contributed by atoms with van der Waals surface area (Å²) in [6, 6.07) is 16.3. The quantitative estimate of drug-likeness (QED) is 0.575. The van der Waals surface area contributed by atoms with Crippen LogP contribution in [0.1, 0.15) is 24.5 Å². The summed E-state index contributed by atoms with van der Waals surface area (Å²) in [4.78, 5) is 16.8. The molecule has 0 aliphatic carbocycles. The van der Waals surface area contributed by atoms with Crippen molar-refractivity contribution >= 4 is 21.9 Å². The molecule has 1 fully saturated rings. The van der Waals surface area contributed by atoms with Gasteiger partial charge in [-0.05, 0) is 55.5 Å². The molecule has 2 unspecified atom stereocenters. The van der Waals surface area contributed by atoms with E-state index in [4.69, 9.17) is 9.57 Å². The largest absolute Gasteiger partial charge is 0.493 e. The summed E-state index contributed by atoms with van der Waals surface area (Å²) in [6.45, 7) is 2.96. The van der Waals surface area contributed by atoms with Crippen molar-refractivity contribution in [3.63, 3.8) is 0 Å². The fraction of sp³-hybridized carbons (Fsp3) is 0.391. The number of ether oxygens (including phenoxy) is 1. The number of halogens is 1. The van der Waals surface area contributed by atoms with E-state index in [2.05, 4.69) is 34.1 Å². The molecule has 2 aromatic carbocycles. The Bertz CT molecular complexity index is 851. The third kappa shape index (κ3) is 5.71. The standard InChI is InChI=1S/C23H26BrNO4/c1-2-29-25-15-22(27)20(21(25)16-26)12-13-28-23-11-10-19(24)14-18(23)9-8-17-6-4-3-5-7-17/h3-7,10-11,14,20,22,27H,2,8-9,12-13,15H2,1H3. The van der Waals surface area contributed by atoms with Gasteiger partial charge >= 0.3 is 0 Å². The van der Waals surface area contributed by atoms with Crippen molar-refractivity contribution in [1.29, 1.82) is 0 Å². The van der Waals surface area contributed by atoms with Gasteiger partial charge in [0.15, 0.2) is 0 Å². The summed E-state index contributed by atoms with van der Waals surface area (Å²) in [7, 11) is 0. The van der Waals surface area contributed by atoms with Gasteiger partial charge in [0.05, 0.1) is 25.9 Å². The molecule has 3 rings (SSSR count). The Hall–Kier alpha value is -2.11. The van der Waals surface area contributed by atoms with Crippen LogP contribution < -0.4 is 4.74 Å². The van der Waals surface area contributed by atoms with Crippen molar-refractivity contribution in [3.05, 3.63) is 69.8 Å². The molecule has 2 aromatic rings. The fourth-order valence-corrected chi connectivity index (χ4v) is 4.01. The van der Waals surface area contributed by atoms with E-state index in [1.54, 1.807) is 0 Å². The van der Waals surface area contributed by atoms with E-state index < -0.39 is 6.10 Å². The van der Waals surface area contributed by atoms with Gasteiger partial charge in [0.2, 0.25) is 0 Å². The first-order chi connectivity index (χ1) is 14.1. The first-order valence-corrected chi connectivity index (χ1v) is 10.7. The van der Waals surface area contributed by atoms with Crippen molar-refractivity contribution in [2.75, 3.05) is 19.8 Å². The Morgan fingerprint density at radius 3 is 2.72 bits per heavy atom. The Morgan fingerprint density at radius 1 is 1.21 bits per heavy atom. The molecule has 0 saturated carbocycles. The maximum Gasteiger partial charge on any atom is 0.148 e. The number of hydrogen-bond donors (Lipinski definition) is 1. The van der Waals surface area contributed by atoms with Gasteiger partial charge in [-0.1, -0.05) is 46.3 Å². The Labute approximate surface area is 180 Å². The van der Waals surface area contributed by atoms with Gasteiger partial charge in [-0.3, -0.25) is 4.84 Å². The van der Waals surface area contributed by atoms with Crippen LogP contribution in [-0.2, 0) is 22.5 Å². The molecule has 1 aliphatic rings. The predicted octanol–water partition coefficient (Wildman–Crippen LogP) is 3.96. The number of β-amino-alcohol motifs (C(OH)–C–C–N with tert-alkyl or cyclic N) is 1. The number of hydrogen-bond acceptors (Lipinski definition) is 5. The Balaban J connectivity index is 1.61. The van der Waals surface area contributed by atoms with Crippen molar-refractivity contribution in [1.82, 2.24) is 5.06 Å². The number of nitrogens with zero attached hydrogens (tertiary/aromatic N) is 1. The number of benzene rings is 2. The lowest BCUT2D eigenvalue weighted by Gasteiger charge is -2.18. The smallest absolute Gasteiger partial charge is 0.148 e. The molecule has 2 atom stereocenters. The van der Waals surface area contributed by atoms with E-state index in [1.807, 2.05) is 43.2 Å². The van der Waals surface area contributed by atoms with E-state index in [9.17, 15) is 9.90 Å². The summed E-state index contributed by atoms with van der Waals surface area (Å²) in [6.07, 6.45) is 1.64. The van der Waals surface area contributed by atoms with Gasteiger partial charge in [0, 0.05) is 10.4 Å². The number of hydroxylamine groups is 2. The van der Waals surface area contributed by atoms with Gasteiger partial charge < -0.3 is 9.84 Å². The van der Waals surface area contributed by atoms with E-state index in [-0.39, 0.29) is 12.5 Å². The van der Waals surface area contributed by atoms with Crippen LogP contribution in [0.5, 0.6) is 5.75 Å². The molecule has 0 radical (unpaired) electrons. The zero-order chi connectivity index (χ0) is 20.6. The van der Waals surface area contributed by atoms with Crippen LogP contribution in [0.25, 0.3) is 0 Å². The van der Waals surface area contributed by atoms with Crippen LogP contribution in [0, 0.1) is 5.92 Å². The van der Waals surface area contributed by atoms with E-state index in [1.165, 1.54) is 10.6 Å². The summed E-state index contributed by atoms with van der Waals surface area (Å²) < 4.78 is 7.06. The third-order valence-corrected chi connectivity index (χ3v) is 5.55. The summed E-state index contributed by atoms with van der Waals surface area (Å²) in [5, 5.41) is 11.8. The van der Waals surface area contributed by atoms with E-state index in [0.717, 1.165) is 28.6 Å². The number of aliphatic hydroxyl groups is 1. The third-order valence-electron chi connectivity index (χ3n) is 5.06. The number of rotatable bonds is 9. The molecule has 1 aliphatic heterocycles. The summed E-state index contributed by atoms with van der Waals surface area (Å²) >= 11 is 3.54. The van der Waals surface area contributed by atoms with Crippen LogP contribution in [0.3, 0.4) is 0 Å². The van der Waals surface area contributed by atoms with Gasteiger partial charge in [-0.15, -0.1) is 0 Å². The van der Waals surface area contributed by atoms with Gasteiger partial charge in [0.1, 0.15) is 17.4 Å². The highest BCUT2D eigenvalue weighted by molar-refractivity contribution is 9.10. The zero-order valence-electron chi connectivity index (χ0n) is 16.5. The number of aliphatic hydroxyl groups excluding tert-OH is 1. The minimum atomic E-state index is -0.663. The molecular formula is C23H26BrNO4. The average molecular weight is 460 g/mol. The first-order valence-electron chi connectivity index (χ1n) is 9.91. The first kappa shape index (κ1) is 21.6. The van der Waals surface area contributed by atoms with Crippen LogP contribution >= 0.6 is 15.9 Å². The van der Waals surface area contributed by atoms with Crippen LogP contribution in [-0.4, -0.2) is 42.0 Å². The number of carbonyl (C=O) groups excluding carboxylic acids is 1. The fourth-order valence-electron chi connectivity index (χ4n) is 3.60. The monoisotopic (exact) mass is 459 g/mol. The second-order valence-corrected chi connectivity index (χ2v) is 7.93. The normalized spacial score (nSPS) is 18.7. The molecule has 6 heteroatoms. The average Bonchev–Trinajstić information content (AvgIpc) is 3.03. The minimum Gasteiger partial charge on any atom is -0.493 e. The molecule has 29 heavy (non-hydrogen) atoms. The molecule has 5 nitrogen and oxygen atoms in total. The highest BCUT2D eigenvalue weighted by atomic mass is 79.9. The molecule has 154 valence electrons. The van der Waals surface area contributed by atoms with Crippen LogP contribution in [0.2, 0.25) is 0 Å². The van der Waals surface area contributed by atoms with Gasteiger partial charge in [0.25, 0.3) is 0 Å². The second kappa shape index (κ2) is 10.6. The van der Waals surface area contributed by atoms with Crippen molar-refractivity contribution in [3.8, 4) is 5.75 Å². The lowest BCUT2D eigenvalue weighted by atomic mass is 10.00. The molecule has 0 bridgehead atoms. The molecule has 0 amide bonds. The Morgan fingerprint density at radius 2 is 2.00 bits per heavy atom. The zero-order valence-corrected chi connectivity index (χ0v) is 18.1. The molecule has 1 heterocycles. The maximum absolute atomic E-state index is 11.4. The predicted molar refractivity (Wildman–Crippen MR) is 115 cm³/mol. The van der Waals surface area contributed by atoms with Crippen molar-refractivity contribution in [2.24, 2.45) is 5.92 Å². The summed E-state index contributed by atoms with van der Waals surface area (Å²) in [5.74, 6) is 2.43. The van der Waals surface area contributed by atoms with Crippen LogP contribution in [0.15, 0.2) is 58.7 Å². The molecule has 0 spiro atoms. The SMILES string of the molecule is CCON1CC(O)C(CCOc2ccc(Br)cc2CCc2ccccc2)C1=C=O. The molecular weight excluding hydrogens is 434 g/mol. The highest BCUT2D eigenvalue weighted by Crippen LogP contribution is 2.31. The van der Waals surface area contributed by atoms with Crippen molar-refractivity contribution < 1.29 is 19.5 Å². The van der Waals surface area contributed by atoms with E-state index >= 15 is 0 Å². The molecule has 1 N–H and O–H groups in total.